The number of rotatable bonds is 2. The Hall–Kier alpha value is -2.01. The molecule has 2 aromatic carbocycles. The number of nitrogens with zero attached hydrogens (tertiary/aromatic N) is 3. The Morgan fingerprint density at radius 3 is 2.26 bits per heavy atom. The van der Waals surface area contributed by atoms with Crippen LogP contribution in [0, 0.1) is 0 Å². The van der Waals surface area contributed by atoms with Gasteiger partial charge in [0.25, 0.3) is 0 Å². The van der Waals surface area contributed by atoms with Crippen molar-refractivity contribution in [2.75, 3.05) is 0 Å². The third-order valence-electron chi connectivity index (χ3n) is 2.52. The molecule has 0 atom stereocenters. The fourth-order valence-corrected chi connectivity index (χ4v) is 2.15. The van der Waals surface area contributed by atoms with Crippen LogP contribution < -0.4 is 0 Å². The summed E-state index contributed by atoms with van der Waals surface area (Å²) in [7, 11) is 0. The minimum Gasteiger partial charge on any atom is -0.246 e. The van der Waals surface area contributed by atoms with E-state index in [1.165, 1.54) is 23.0 Å². The fourth-order valence-electron chi connectivity index (χ4n) is 1.67. The van der Waals surface area contributed by atoms with Crippen LogP contribution in [0.1, 0.15) is 5.56 Å². The van der Waals surface area contributed by atoms with Gasteiger partial charge in [0.1, 0.15) is 6.33 Å². The number of aromatic amines is 1. The van der Waals surface area contributed by atoms with Crippen LogP contribution in [-0.2, 0) is 5.33 Å². The van der Waals surface area contributed by atoms with Crippen molar-refractivity contribution in [1.29, 1.82) is 0 Å². The third-order valence-corrected chi connectivity index (χ3v) is 3.12. The van der Waals surface area contributed by atoms with E-state index in [1.54, 1.807) is 0 Å². The lowest BCUT2D eigenvalue weighted by atomic mass is 10.0. The fraction of sp³-hybridized carbons (Fsp3) is 0.0714. The van der Waals surface area contributed by atoms with Crippen molar-refractivity contribution in [2.24, 2.45) is 0 Å². The molecule has 0 aliphatic heterocycles. The normalized spacial score (nSPS) is 9.53. The second-order valence-corrected chi connectivity index (χ2v) is 4.28. The topological polar surface area (TPSA) is 54.5 Å². The van der Waals surface area contributed by atoms with Crippen LogP contribution in [0.15, 0.2) is 60.9 Å². The van der Waals surface area contributed by atoms with Crippen LogP contribution in [0.3, 0.4) is 0 Å². The largest absolute Gasteiger partial charge is 0.246 e. The number of H-pyrrole nitrogens is 1. The van der Waals surface area contributed by atoms with Crippen molar-refractivity contribution >= 4 is 15.9 Å². The number of alkyl halides is 1. The zero-order chi connectivity index (χ0) is 13.3. The highest BCUT2D eigenvalue weighted by Gasteiger charge is 2.01. The van der Waals surface area contributed by atoms with Gasteiger partial charge in [-0.1, -0.05) is 70.5 Å². The van der Waals surface area contributed by atoms with E-state index in [0.29, 0.717) is 0 Å². The maximum absolute atomic E-state index is 3.51. The highest BCUT2D eigenvalue weighted by Crippen LogP contribution is 2.24. The lowest BCUT2D eigenvalue weighted by Gasteiger charge is -2.06. The van der Waals surface area contributed by atoms with Gasteiger partial charge >= 0.3 is 0 Å². The molecule has 1 heterocycles. The molecule has 0 saturated heterocycles. The molecule has 0 aliphatic carbocycles. The van der Waals surface area contributed by atoms with Crippen LogP contribution in [-0.4, -0.2) is 20.6 Å². The second kappa shape index (κ2) is 7.43. The summed E-state index contributed by atoms with van der Waals surface area (Å²) in [6.07, 6.45) is 1.40. The molecule has 19 heavy (non-hydrogen) atoms. The van der Waals surface area contributed by atoms with E-state index in [9.17, 15) is 0 Å². The summed E-state index contributed by atoms with van der Waals surface area (Å²) in [5.74, 6) is 0. The molecule has 1 aromatic heterocycles. The Morgan fingerprint density at radius 2 is 1.68 bits per heavy atom. The third kappa shape index (κ3) is 3.99. The van der Waals surface area contributed by atoms with Crippen molar-refractivity contribution in [1.82, 2.24) is 20.6 Å². The zero-order valence-electron chi connectivity index (χ0n) is 10.2. The monoisotopic (exact) mass is 316 g/mol. The molecule has 1 N–H and O–H groups in total. The lowest BCUT2D eigenvalue weighted by molar-refractivity contribution is 0.881. The molecule has 0 bridgehead atoms. The number of benzene rings is 2. The van der Waals surface area contributed by atoms with Gasteiger partial charge in [-0.3, -0.25) is 0 Å². The number of aromatic nitrogens is 4. The Bertz CT molecular complexity index is 564. The van der Waals surface area contributed by atoms with Crippen LogP contribution in [0.25, 0.3) is 11.1 Å². The first-order valence-electron chi connectivity index (χ1n) is 5.78. The highest BCUT2D eigenvalue weighted by molar-refractivity contribution is 9.08. The molecule has 5 heteroatoms. The van der Waals surface area contributed by atoms with Gasteiger partial charge < -0.3 is 0 Å². The molecule has 3 rings (SSSR count). The number of hydrogen-bond donors (Lipinski definition) is 1. The standard InChI is InChI=1S/C13H11Br.CH2N4/c14-10-12-8-4-5-9-13(12)11-6-2-1-3-7-11;1-2-4-5-3-1/h1-9H,10H2;1H,(H,2,3,4,5). The maximum Gasteiger partial charge on any atom is 0.135 e. The van der Waals surface area contributed by atoms with Gasteiger partial charge in [0.15, 0.2) is 0 Å². The molecular formula is C14H13BrN4. The summed E-state index contributed by atoms with van der Waals surface area (Å²) in [4.78, 5) is 0. The maximum atomic E-state index is 3.51. The molecular weight excluding hydrogens is 304 g/mol. The first kappa shape index (κ1) is 13.4. The molecule has 0 amide bonds. The summed E-state index contributed by atoms with van der Waals surface area (Å²) >= 11 is 3.51. The van der Waals surface area contributed by atoms with E-state index in [-0.39, 0.29) is 0 Å². The highest BCUT2D eigenvalue weighted by atomic mass is 79.9. The molecule has 4 nitrogen and oxygen atoms in total. The van der Waals surface area contributed by atoms with Gasteiger partial charge in [-0.25, -0.2) is 5.10 Å². The Balaban J connectivity index is 0.000000224. The average molecular weight is 317 g/mol. The smallest absolute Gasteiger partial charge is 0.135 e. The molecule has 3 aromatic rings. The van der Waals surface area contributed by atoms with Gasteiger partial charge in [0, 0.05) is 5.33 Å². The number of hydrogen-bond acceptors (Lipinski definition) is 3. The van der Waals surface area contributed by atoms with Crippen molar-refractivity contribution < 1.29 is 0 Å². The van der Waals surface area contributed by atoms with Gasteiger partial charge in [-0.15, -0.1) is 5.10 Å². The number of halogens is 1. The van der Waals surface area contributed by atoms with Gasteiger partial charge in [-0.2, -0.15) is 0 Å². The van der Waals surface area contributed by atoms with Crippen molar-refractivity contribution in [3.05, 3.63) is 66.5 Å². The minimum absolute atomic E-state index is 0.901. The van der Waals surface area contributed by atoms with Crippen molar-refractivity contribution in [3.63, 3.8) is 0 Å². The molecule has 0 unspecified atom stereocenters. The van der Waals surface area contributed by atoms with E-state index in [1.807, 2.05) is 6.07 Å². The Morgan fingerprint density at radius 1 is 0.947 bits per heavy atom. The molecule has 0 aliphatic rings. The van der Waals surface area contributed by atoms with E-state index < -0.39 is 0 Å². The summed E-state index contributed by atoms with van der Waals surface area (Å²) in [6, 6.07) is 18.9. The molecule has 0 fully saturated rings. The molecule has 0 saturated carbocycles. The summed E-state index contributed by atoms with van der Waals surface area (Å²) in [6.45, 7) is 0. The van der Waals surface area contributed by atoms with Crippen molar-refractivity contribution in [3.8, 4) is 11.1 Å². The summed E-state index contributed by atoms with van der Waals surface area (Å²) in [5.41, 5.74) is 3.92. The van der Waals surface area contributed by atoms with Gasteiger partial charge in [0.05, 0.1) is 0 Å². The van der Waals surface area contributed by atoms with Crippen LogP contribution in [0.4, 0.5) is 0 Å². The van der Waals surface area contributed by atoms with Crippen LogP contribution >= 0.6 is 15.9 Å². The Kier molecular flexibility index (Phi) is 5.25. The molecule has 0 radical (unpaired) electrons. The van der Waals surface area contributed by atoms with Gasteiger partial charge in [0.2, 0.25) is 0 Å². The van der Waals surface area contributed by atoms with E-state index >= 15 is 0 Å². The first-order chi connectivity index (χ1) is 9.42. The van der Waals surface area contributed by atoms with E-state index in [0.717, 1.165) is 5.33 Å². The van der Waals surface area contributed by atoms with Gasteiger partial charge in [-0.05, 0) is 27.1 Å². The quantitative estimate of drug-likeness (QED) is 0.737. The second-order valence-electron chi connectivity index (χ2n) is 3.72. The predicted octanol–water partition coefficient (Wildman–Crippen LogP) is 3.45. The zero-order valence-corrected chi connectivity index (χ0v) is 11.8. The van der Waals surface area contributed by atoms with Crippen LogP contribution in [0.2, 0.25) is 0 Å². The summed E-state index contributed by atoms with van der Waals surface area (Å²) < 4.78 is 0. The predicted molar refractivity (Wildman–Crippen MR) is 78.7 cm³/mol. The number of tetrazole rings is 1. The van der Waals surface area contributed by atoms with Crippen LogP contribution in [0.5, 0.6) is 0 Å². The summed E-state index contributed by atoms with van der Waals surface area (Å²) in [5, 5.41) is 13.0. The minimum atomic E-state index is 0.901. The van der Waals surface area contributed by atoms with Crippen molar-refractivity contribution in [2.45, 2.75) is 5.33 Å². The first-order valence-corrected chi connectivity index (χ1v) is 6.90. The number of nitrogens with one attached hydrogen (secondary N) is 1. The molecule has 0 spiro atoms. The lowest BCUT2D eigenvalue weighted by Crippen LogP contribution is -1.84. The SMILES string of the molecule is BrCc1ccccc1-c1ccccc1.c1nnn[nH]1. The van der Waals surface area contributed by atoms with E-state index in [4.69, 9.17) is 0 Å². The Labute approximate surface area is 120 Å². The molecule has 96 valence electrons. The average Bonchev–Trinajstić information content (AvgIpc) is 3.08. The van der Waals surface area contributed by atoms with E-state index in [2.05, 4.69) is 85.1 Å².